The first-order valence-corrected chi connectivity index (χ1v) is 7.55. The Kier molecular flexibility index (Phi) is 3.27. The van der Waals surface area contributed by atoms with Crippen LogP contribution in [0, 0.1) is 5.92 Å². The number of alkyl halides is 3. The number of fused-ring (bicyclic) bond motifs is 1. The SMILES string of the molecule is FC(F)(F)C1CCc2nnc(CNc3nnc(C4CC4)o3)n2C1. The van der Waals surface area contributed by atoms with Gasteiger partial charge < -0.3 is 14.3 Å². The predicted octanol–water partition coefficient (Wildman–Crippen LogP) is 2.28. The predicted molar refractivity (Wildman–Crippen MR) is 71.5 cm³/mol. The standard InChI is InChI=1S/C13H15F3N6O/c14-13(15,16)8-3-4-9-18-19-10(22(9)6-8)5-17-12-21-20-11(23-12)7-1-2-7/h7-8H,1-6H2,(H,17,21). The van der Waals surface area contributed by atoms with Crippen LogP contribution in [0.4, 0.5) is 19.2 Å². The summed E-state index contributed by atoms with van der Waals surface area (Å²) in [7, 11) is 0. The average Bonchev–Trinajstić information content (AvgIpc) is 3.11. The topological polar surface area (TPSA) is 81.7 Å². The summed E-state index contributed by atoms with van der Waals surface area (Å²) in [6.07, 6.45) is -1.75. The van der Waals surface area contributed by atoms with Gasteiger partial charge in [0.2, 0.25) is 5.89 Å². The third-order valence-electron chi connectivity index (χ3n) is 4.25. The molecular formula is C13H15F3N6O. The van der Waals surface area contributed by atoms with Crippen LogP contribution in [-0.2, 0) is 19.5 Å². The van der Waals surface area contributed by atoms with Gasteiger partial charge in [0.15, 0.2) is 5.82 Å². The molecule has 2 aromatic rings. The van der Waals surface area contributed by atoms with Crippen molar-refractivity contribution in [3.05, 3.63) is 17.5 Å². The highest BCUT2D eigenvalue weighted by atomic mass is 19.4. The number of hydrogen-bond donors (Lipinski definition) is 1. The average molecular weight is 328 g/mol. The van der Waals surface area contributed by atoms with Crippen LogP contribution in [0.5, 0.6) is 0 Å². The van der Waals surface area contributed by atoms with Crippen molar-refractivity contribution in [3.8, 4) is 0 Å². The van der Waals surface area contributed by atoms with Gasteiger partial charge in [-0.2, -0.15) is 13.2 Å². The van der Waals surface area contributed by atoms with E-state index in [0.29, 0.717) is 23.5 Å². The van der Waals surface area contributed by atoms with Gasteiger partial charge in [-0.25, -0.2) is 0 Å². The lowest BCUT2D eigenvalue weighted by atomic mass is 9.99. The molecule has 1 aliphatic carbocycles. The minimum absolute atomic E-state index is 0.0590. The summed E-state index contributed by atoms with van der Waals surface area (Å²) < 4.78 is 45.7. The fourth-order valence-corrected chi connectivity index (χ4v) is 2.74. The van der Waals surface area contributed by atoms with Gasteiger partial charge in [0, 0.05) is 18.9 Å². The van der Waals surface area contributed by atoms with Crippen LogP contribution in [0.3, 0.4) is 0 Å². The Morgan fingerprint density at radius 2 is 1.96 bits per heavy atom. The highest BCUT2D eigenvalue weighted by Gasteiger charge is 2.42. The van der Waals surface area contributed by atoms with Crippen molar-refractivity contribution < 1.29 is 17.6 Å². The van der Waals surface area contributed by atoms with E-state index in [9.17, 15) is 13.2 Å². The summed E-state index contributed by atoms with van der Waals surface area (Å²) in [5, 5.41) is 18.7. The van der Waals surface area contributed by atoms with Gasteiger partial charge in [-0.15, -0.1) is 15.3 Å². The molecule has 3 heterocycles. The number of halogens is 3. The highest BCUT2D eigenvalue weighted by molar-refractivity contribution is 5.20. The molecule has 1 atom stereocenters. The first kappa shape index (κ1) is 14.5. The van der Waals surface area contributed by atoms with Crippen LogP contribution in [0.25, 0.3) is 0 Å². The molecule has 2 aliphatic rings. The molecule has 2 aromatic heterocycles. The molecule has 0 bridgehead atoms. The quantitative estimate of drug-likeness (QED) is 0.927. The van der Waals surface area contributed by atoms with Gasteiger partial charge in [-0.05, 0) is 19.3 Å². The first-order chi connectivity index (χ1) is 11.0. The Hall–Kier alpha value is -2.13. The third-order valence-corrected chi connectivity index (χ3v) is 4.25. The lowest BCUT2D eigenvalue weighted by Crippen LogP contribution is -2.33. The molecule has 10 heteroatoms. The van der Waals surface area contributed by atoms with E-state index in [1.807, 2.05) is 0 Å². The number of rotatable bonds is 4. The van der Waals surface area contributed by atoms with E-state index in [1.54, 1.807) is 0 Å². The highest BCUT2D eigenvalue weighted by Crippen LogP contribution is 2.39. The smallest absolute Gasteiger partial charge is 0.393 e. The minimum atomic E-state index is -4.20. The van der Waals surface area contributed by atoms with Crippen molar-refractivity contribution in [1.82, 2.24) is 25.0 Å². The van der Waals surface area contributed by atoms with Crippen molar-refractivity contribution >= 4 is 6.01 Å². The second-order valence-corrected chi connectivity index (χ2v) is 5.99. The maximum absolute atomic E-state index is 12.9. The summed E-state index contributed by atoms with van der Waals surface area (Å²) in [6.45, 7) is 0.0594. The monoisotopic (exact) mass is 328 g/mol. The minimum Gasteiger partial charge on any atom is -0.408 e. The zero-order valence-electron chi connectivity index (χ0n) is 12.2. The largest absolute Gasteiger partial charge is 0.408 e. The van der Waals surface area contributed by atoms with E-state index in [4.69, 9.17) is 4.42 Å². The van der Waals surface area contributed by atoms with E-state index < -0.39 is 12.1 Å². The molecule has 124 valence electrons. The number of aryl methyl sites for hydroxylation is 1. The number of nitrogens with zero attached hydrogens (tertiary/aromatic N) is 5. The fraction of sp³-hybridized carbons (Fsp3) is 0.692. The molecule has 0 radical (unpaired) electrons. The van der Waals surface area contributed by atoms with Crippen molar-refractivity contribution in [3.63, 3.8) is 0 Å². The van der Waals surface area contributed by atoms with Gasteiger partial charge >= 0.3 is 12.2 Å². The number of anilines is 1. The Morgan fingerprint density at radius 1 is 1.13 bits per heavy atom. The summed E-state index contributed by atoms with van der Waals surface area (Å²) >= 11 is 0. The van der Waals surface area contributed by atoms with Gasteiger partial charge in [0.1, 0.15) is 5.82 Å². The molecule has 1 fully saturated rings. The van der Waals surface area contributed by atoms with Crippen LogP contribution < -0.4 is 5.32 Å². The fourth-order valence-electron chi connectivity index (χ4n) is 2.74. The van der Waals surface area contributed by atoms with E-state index >= 15 is 0 Å². The van der Waals surface area contributed by atoms with Crippen LogP contribution >= 0.6 is 0 Å². The molecule has 1 saturated carbocycles. The van der Waals surface area contributed by atoms with Crippen molar-refractivity contribution in [2.75, 3.05) is 5.32 Å². The van der Waals surface area contributed by atoms with E-state index in [2.05, 4.69) is 25.7 Å². The number of hydrogen-bond acceptors (Lipinski definition) is 6. The van der Waals surface area contributed by atoms with Gasteiger partial charge in [-0.3, -0.25) is 0 Å². The zero-order valence-corrected chi connectivity index (χ0v) is 12.2. The Balaban J connectivity index is 1.44. The van der Waals surface area contributed by atoms with E-state index in [0.717, 1.165) is 12.8 Å². The number of nitrogens with one attached hydrogen (secondary N) is 1. The number of aromatic nitrogens is 5. The van der Waals surface area contributed by atoms with Crippen molar-refractivity contribution in [1.29, 1.82) is 0 Å². The maximum atomic E-state index is 12.9. The summed E-state index contributed by atoms with van der Waals surface area (Å²) in [6, 6.07) is 0.257. The van der Waals surface area contributed by atoms with Gasteiger partial charge in [0.25, 0.3) is 0 Å². The Labute approximate surface area is 129 Å². The molecule has 1 aliphatic heterocycles. The molecule has 7 nitrogen and oxygen atoms in total. The van der Waals surface area contributed by atoms with Crippen LogP contribution in [0.2, 0.25) is 0 Å². The van der Waals surface area contributed by atoms with Crippen molar-refractivity contribution in [2.24, 2.45) is 5.92 Å². The summed E-state index contributed by atoms with van der Waals surface area (Å²) in [4.78, 5) is 0. The van der Waals surface area contributed by atoms with Gasteiger partial charge in [0.05, 0.1) is 12.5 Å². The molecule has 4 rings (SSSR count). The third kappa shape index (κ3) is 2.89. The maximum Gasteiger partial charge on any atom is 0.393 e. The van der Waals surface area contributed by atoms with E-state index in [1.165, 1.54) is 4.57 Å². The molecular weight excluding hydrogens is 313 g/mol. The molecule has 1 N–H and O–H groups in total. The summed E-state index contributed by atoms with van der Waals surface area (Å²) in [5.74, 6) is 0.639. The molecule has 1 unspecified atom stereocenters. The van der Waals surface area contributed by atoms with Crippen molar-refractivity contribution in [2.45, 2.75) is 50.9 Å². The van der Waals surface area contributed by atoms with Crippen LogP contribution in [-0.4, -0.2) is 31.1 Å². The molecule has 0 spiro atoms. The van der Waals surface area contributed by atoms with Gasteiger partial charge in [-0.1, -0.05) is 5.10 Å². The summed E-state index contributed by atoms with van der Waals surface area (Å²) in [5.41, 5.74) is 0. The molecule has 0 aromatic carbocycles. The zero-order chi connectivity index (χ0) is 16.0. The normalized spacial score (nSPS) is 21.3. The second-order valence-electron chi connectivity index (χ2n) is 5.99. The molecule has 0 saturated heterocycles. The lowest BCUT2D eigenvalue weighted by Gasteiger charge is -2.26. The molecule has 23 heavy (non-hydrogen) atoms. The van der Waals surface area contributed by atoms with E-state index in [-0.39, 0.29) is 31.9 Å². The first-order valence-electron chi connectivity index (χ1n) is 7.55. The lowest BCUT2D eigenvalue weighted by molar-refractivity contribution is -0.182. The molecule has 0 amide bonds. The Morgan fingerprint density at radius 3 is 2.70 bits per heavy atom. The Bertz CT molecular complexity index is 705. The van der Waals surface area contributed by atoms with Crippen LogP contribution in [0.15, 0.2) is 4.42 Å². The van der Waals surface area contributed by atoms with Crippen LogP contribution in [0.1, 0.15) is 42.7 Å². The second kappa shape index (κ2) is 5.20.